The fraction of sp³-hybridized carbons (Fsp3) is 0.200. The average molecular weight is 299 g/mol. The summed E-state index contributed by atoms with van der Waals surface area (Å²) < 4.78 is 0. The van der Waals surface area contributed by atoms with Crippen LogP contribution in [0.5, 0.6) is 0 Å². The second kappa shape index (κ2) is 7.16. The smallest absolute Gasteiger partial charge is 0.289 e. The molecule has 0 spiro atoms. The third-order valence-electron chi connectivity index (χ3n) is 2.93. The second-order valence-corrected chi connectivity index (χ2v) is 4.76. The van der Waals surface area contributed by atoms with Gasteiger partial charge in [0, 0.05) is 18.1 Å². The van der Waals surface area contributed by atoms with E-state index in [0.717, 1.165) is 16.8 Å². The van der Waals surface area contributed by atoms with E-state index in [-0.39, 0.29) is 18.1 Å². The standard InChI is InChI=1S/C15H17N5O2/c1-10-3-4-12(11(2)7-10)18-9-14(21)19-20-15(22)13-8-16-5-6-17-13/h3-8,18H,9H2,1-2H3,(H,19,21)(H,20,22). The monoisotopic (exact) mass is 299 g/mol. The number of hydrogen-bond acceptors (Lipinski definition) is 5. The number of anilines is 1. The van der Waals surface area contributed by atoms with Gasteiger partial charge in [-0.25, -0.2) is 4.98 Å². The first kappa shape index (κ1) is 15.4. The molecule has 1 aromatic carbocycles. The first-order valence-electron chi connectivity index (χ1n) is 6.72. The Bertz CT molecular complexity index is 673. The van der Waals surface area contributed by atoms with Gasteiger partial charge in [0.2, 0.25) is 0 Å². The molecule has 0 atom stereocenters. The minimum atomic E-state index is -0.520. The highest BCUT2D eigenvalue weighted by Gasteiger charge is 2.08. The van der Waals surface area contributed by atoms with Crippen LogP contribution >= 0.6 is 0 Å². The Balaban J connectivity index is 1.80. The molecule has 2 aromatic rings. The van der Waals surface area contributed by atoms with Crippen LogP contribution in [0.4, 0.5) is 5.69 Å². The SMILES string of the molecule is Cc1ccc(NCC(=O)NNC(=O)c2cnccn2)c(C)c1. The van der Waals surface area contributed by atoms with E-state index in [1.165, 1.54) is 18.6 Å². The quantitative estimate of drug-likeness (QED) is 0.731. The van der Waals surface area contributed by atoms with E-state index < -0.39 is 5.91 Å². The van der Waals surface area contributed by atoms with Crippen molar-refractivity contribution in [3.63, 3.8) is 0 Å². The van der Waals surface area contributed by atoms with Gasteiger partial charge in [-0.1, -0.05) is 17.7 Å². The van der Waals surface area contributed by atoms with Crippen LogP contribution in [0.1, 0.15) is 21.6 Å². The van der Waals surface area contributed by atoms with Crippen molar-refractivity contribution in [1.29, 1.82) is 0 Å². The Morgan fingerprint density at radius 2 is 1.95 bits per heavy atom. The molecule has 2 amide bonds. The molecule has 7 heteroatoms. The summed E-state index contributed by atoms with van der Waals surface area (Å²) in [5.41, 5.74) is 7.81. The van der Waals surface area contributed by atoms with Gasteiger partial charge in [-0.15, -0.1) is 0 Å². The molecule has 0 aliphatic rings. The minimum Gasteiger partial charge on any atom is -0.376 e. The molecule has 22 heavy (non-hydrogen) atoms. The zero-order chi connectivity index (χ0) is 15.9. The van der Waals surface area contributed by atoms with E-state index in [0.29, 0.717) is 0 Å². The topological polar surface area (TPSA) is 96.0 Å². The zero-order valence-electron chi connectivity index (χ0n) is 12.4. The molecule has 3 N–H and O–H groups in total. The summed E-state index contributed by atoms with van der Waals surface area (Å²) in [5, 5.41) is 3.01. The summed E-state index contributed by atoms with van der Waals surface area (Å²) >= 11 is 0. The van der Waals surface area contributed by atoms with Crippen molar-refractivity contribution in [1.82, 2.24) is 20.8 Å². The van der Waals surface area contributed by atoms with Crippen LogP contribution in [0.2, 0.25) is 0 Å². The van der Waals surface area contributed by atoms with E-state index in [2.05, 4.69) is 26.1 Å². The normalized spacial score (nSPS) is 9.91. The van der Waals surface area contributed by atoms with Crippen LogP contribution in [-0.2, 0) is 4.79 Å². The lowest BCUT2D eigenvalue weighted by Gasteiger charge is -2.11. The maximum Gasteiger partial charge on any atom is 0.289 e. The molecule has 114 valence electrons. The summed E-state index contributed by atoms with van der Waals surface area (Å²) in [6.45, 7) is 4.01. The molecule has 0 aliphatic heterocycles. The van der Waals surface area contributed by atoms with Gasteiger partial charge in [0.05, 0.1) is 12.7 Å². The van der Waals surface area contributed by atoms with Gasteiger partial charge >= 0.3 is 0 Å². The number of aryl methyl sites for hydroxylation is 2. The molecule has 2 rings (SSSR count). The highest BCUT2D eigenvalue weighted by Crippen LogP contribution is 2.15. The number of hydrogen-bond donors (Lipinski definition) is 3. The first-order chi connectivity index (χ1) is 10.6. The largest absolute Gasteiger partial charge is 0.376 e. The fourth-order valence-corrected chi connectivity index (χ4v) is 1.84. The van der Waals surface area contributed by atoms with Crippen LogP contribution in [0.25, 0.3) is 0 Å². The Labute approximate surface area is 128 Å². The predicted octanol–water partition coefficient (Wildman–Crippen LogP) is 0.967. The van der Waals surface area contributed by atoms with Gasteiger partial charge in [-0.3, -0.25) is 25.4 Å². The number of nitrogens with one attached hydrogen (secondary N) is 3. The van der Waals surface area contributed by atoms with Crippen molar-refractivity contribution in [2.75, 3.05) is 11.9 Å². The molecular formula is C15H17N5O2. The van der Waals surface area contributed by atoms with Gasteiger partial charge < -0.3 is 5.32 Å². The van der Waals surface area contributed by atoms with Crippen molar-refractivity contribution < 1.29 is 9.59 Å². The molecular weight excluding hydrogens is 282 g/mol. The van der Waals surface area contributed by atoms with E-state index >= 15 is 0 Å². The molecule has 7 nitrogen and oxygen atoms in total. The van der Waals surface area contributed by atoms with Gasteiger partial charge in [-0.2, -0.15) is 0 Å². The highest BCUT2D eigenvalue weighted by molar-refractivity contribution is 5.93. The summed E-state index contributed by atoms with van der Waals surface area (Å²) in [4.78, 5) is 31.0. The van der Waals surface area contributed by atoms with Crippen LogP contribution in [0.3, 0.4) is 0 Å². The minimum absolute atomic E-state index is 0.0463. The van der Waals surface area contributed by atoms with Crippen LogP contribution in [-0.4, -0.2) is 28.3 Å². The maximum atomic E-state index is 11.7. The fourth-order valence-electron chi connectivity index (χ4n) is 1.84. The molecule has 0 aliphatic carbocycles. The molecule has 0 unspecified atom stereocenters. The number of carbonyl (C=O) groups is 2. The number of aromatic nitrogens is 2. The van der Waals surface area contributed by atoms with Crippen molar-refractivity contribution in [2.45, 2.75) is 13.8 Å². The molecule has 0 saturated carbocycles. The first-order valence-corrected chi connectivity index (χ1v) is 6.72. The Kier molecular flexibility index (Phi) is 5.02. The predicted molar refractivity (Wildman–Crippen MR) is 82.0 cm³/mol. The van der Waals surface area contributed by atoms with E-state index in [1.807, 2.05) is 32.0 Å². The van der Waals surface area contributed by atoms with Crippen molar-refractivity contribution in [2.24, 2.45) is 0 Å². The number of carbonyl (C=O) groups excluding carboxylic acids is 2. The van der Waals surface area contributed by atoms with Gasteiger partial charge in [0.1, 0.15) is 5.69 Å². The third kappa shape index (κ3) is 4.27. The van der Waals surface area contributed by atoms with Gasteiger partial charge in [0.15, 0.2) is 0 Å². The van der Waals surface area contributed by atoms with Gasteiger partial charge in [-0.05, 0) is 25.5 Å². The van der Waals surface area contributed by atoms with E-state index in [9.17, 15) is 9.59 Å². The Morgan fingerprint density at radius 3 is 2.64 bits per heavy atom. The average Bonchev–Trinajstić information content (AvgIpc) is 2.52. The van der Waals surface area contributed by atoms with E-state index in [1.54, 1.807) is 0 Å². The lowest BCUT2D eigenvalue weighted by Crippen LogP contribution is -2.44. The van der Waals surface area contributed by atoms with Crippen molar-refractivity contribution in [3.05, 3.63) is 53.6 Å². The van der Waals surface area contributed by atoms with Crippen LogP contribution in [0, 0.1) is 13.8 Å². The number of hydrazine groups is 1. The molecule has 1 heterocycles. The maximum absolute atomic E-state index is 11.7. The third-order valence-corrected chi connectivity index (χ3v) is 2.93. The van der Waals surface area contributed by atoms with E-state index in [4.69, 9.17) is 0 Å². The summed E-state index contributed by atoms with van der Waals surface area (Å²) in [6.07, 6.45) is 4.18. The lowest BCUT2D eigenvalue weighted by molar-refractivity contribution is -0.120. The summed E-state index contributed by atoms with van der Waals surface area (Å²) in [7, 11) is 0. The van der Waals surface area contributed by atoms with Crippen LogP contribution in [0.15, 0.2) is 36.8 Å². The number of amides is 2. The zero-order valence-corrected chi connectivity index (χ0v) is 12.4. The number of benzene rings is 1. The van der Waals surface area contributed by atoms with Crippen molar-refractivity contribution in [3.8, 4) is 0 Å². The lowest BCUT2D eigenvalue weighted by atomic mass is 10.1. The molecule has 1 aromatic heterocycles. The summed E-state index contributed by atoms with van der Waals surface area (Å²) in [5.74, 6) is -0.884. The molecule has 0 fully saturated rings. The molecule has 0 radical (unpaired) electrons. The Hall–Kier alpha value is -2.96. The number of nitrogens with zero attached hydrogens (tertiary/aromatic N) is 2. The second-order valence-electron chi connectivity index (χ2n) is 4.76. The van der Waals surface area contributed by atoms with Gasteiger partial charge in [0.25, 0.3) is 11.8 Å². The highest BCUT2D eigenvalue weighted by atomic mass is 16.2. The van der Waals surface area contributed by atoms with Crippen molar-refractivity contribution >= 4 is 17.5 Å². The molecule has 0 saturated heterocycles. The number of rotatable bonds is 4. The Morgan fingerprint density at radius 1 is 1.14 bits per heavy atom. The molecule has 0 bridgehead atoms. The van der Waals surface area contributed by atoms with Crippen LogP contribution < -0.4 is 16.2 Å². The summed E-state index contributed by atoms with van der Waals surface area (Å²) in [6, 6.07) is 5.90.